The van der Waals surface area contributed by atoms with Crippen LogP contribution in [0.4, 0.5) is 0 Å². The van der Waals surface area contributed by atoms with Crippen LogP contribution in [0.2, 0.25) is 0 Å². The standard InChI is InChI=1S/C14H9N3O2/c1-2-19-14-10(7-15)16-12-11(17-14)8-5-3-4-6-9(8)13(12)18/h3-6H,2H2,1H3. The number of ether oxygens (including phenoxy) is 1. The topological polar surface area (TPSA) is 75.9 Å². The third-order valence-corrected chi connectivity index (χ3v) is 2.89. The van der Waals surface area contributed by atoms with Gasteiger partial charge in [-0.1, -0.05) is 24.3 Å². The van der Waals surface area contributed by atoms with Crippen molar-refractivity contribution in [2.75, 3.05) is 6.61 Å². The molecule has 3 rings (SSSR count). The highest BCUT2D eigenvalue weighted by atomic mass is 16.5. The number of carbonyl (C=O) groups is 1. The summed E-state index contributed by atoms with van der Waals surface area (Å²) < 4.78 is 5.30. The summed E-state index contributed by atoms with van der Waals surface area (Å²) in [4.78, 5) is 20.5. The molecule has 5 nitrogen and oxygen atoms in total. The number of benzene rings is 1. The molecule has 0 fully saturated rings. The normalized spacial score (nSPS) is 11.7. The van der Waals surface area contributed by atoms with E-state index in [0.717, 1.165) is 5.56 Å². The molecule has 1 aliphatic carbocycles. The second-order valence-corrected chi connectivity index (χ2v) is 3.99. The Morgan fingerprint density at radius 1 is 1.21 bits per heavy atom. The van der Waals surface area contributed by atoms with Crippen LogP contribution in [0.15, 0.2) is 24.3 Å². The quantitative estimate of drug-likeness (QED) is 0.695. The second kappa shape index (κ2) is 4.18. The van der Waals surface area contributed by atoms with E-state index in [4.69, 9.17) is 10.00 Å². The summed E-state index contributed by atoms with van der Waals surface area (Å²) in [6, 6.07) is 9.07. The Kier molecular flexibility index (Phi) is 2.50. The van der Waals surface area contributed by atoms with E-state index in [1.807, 2.05) is 18.2 Å². The van der Waals surface area contributed by atoms with Crippen LogP contribution in [0.5, 0.6) is 5.88 Å². The molecule has 0 spiro atoms. The lowest BCUT2D eigenvalue weighted by molar-refractivity contribution is 0.103. The molecule has 0 amide bonds. The molecule has 0 saturated heterocycles. The van der Waals surface area contributed by atoms with Crippen molar-refractivity contribution in [3.8, 4) is 23.2 Å². The van der Waals surface area contributed by atoms with Gasteiger partial charge in [0, 0.05) is 11.1 Å². The molecular weight excluding hydrogens is 242 g/mol. The van der Waals surface area contributed by atoms with Gasteiger partial charge in [0.1, 0.15) is 17.5 Å². The summed E-state index contributed by atoms with van der Waals surface area (Å²) in [6.07, 6.45) is 0. The number of carbonyl (C=O) groups excluding carboxylic acids is 1. The molecule has 5 heteroatoms. The van der Waals surface area contributed by atoms with Crippen molar-refractivity contribution in [2.45, 2.75) is 6.92 Å². The number of rotatable bonds is 2. The molecule has 0 unspecified atom stereocenters. The minimum absolute atomic E-state index is 0.0433. The maximum Gasteiger partial charge on any atom is 0.251 e. The average Bonchev–Trinajstić information content (AvgIpc) is 2.72. The van der Waals surface area contributed by atoms with E-state index in [1.165, 1.54) is 0 Å². The Balaban J connectivity index is 2.27. The van der Waals surface area contributed by atoms with Crippen LogP contribution in [0.1, 0.15) is 28.7 Å². The van der Waals surface area contributed by atoms with Gasteiger partial charge in [-0.3, -0.25) is 4.79 Å². The summed E-state index contributed by atoms with van der Waals surface area (Å²) in [7, 11) is 0. The maximum atomic E-state index is 12.2. The molecule has 1 aromatic carbocycles. The van der Waals surface area contributed by atoms with Gasteiger partial charge in [0.25, 0.3) is 5.88 Å². The van der Waals surface area contributed by atoms with Crippen LogP contribution < -0.4 is 4.74 Å². The Hall–Kier alpha value is -2.74. The maximum absolute atomic E-state index is 12.2. The van der Waals surface area contributed by atoms with Gasteiger partial charge in [0.05, 0.1) is 6.61 Å². The molecule has 1 heterocycles. The molecule has 0 N–H and O–H groups in total. The van der Waals surface area contributed by atoms with E-state index in [9.17, 15) is 4.79 Å². The van der Waals surface area contributed by atoms with Crippen LogP contribution in [-0.2, 0) is 0 Å². The van der Waals surface area contributed by atoms with E-state index in [2.05, 4.69) is 9.97 Å². The fourth-order valence-electron chi connectivity index (χ4n) is 2.09. The van der Waals surface area contributed by atoms with E-state index >= 15 is 0 Å². The number of aromatic nitrogens is 2. The number of ketones is 1. The number of hydrogen-bond acceptors (Lipinski definition) is 5. The van der Waals surface area contributed by atoms with Crippen molar-refractivity contribution in [3.05, 3.63) is 41.2 Å². The number of fused-ring (bicyclic) bond motifs is 3. The van der Waals surface area contributed by atoms with Crippen molar-refractivity contribution in [1.29, 1.82) is 5.26 Å². The van der Waals surface area contributed by atoms with E-state index in [1.54, 1.807) is 19.1 Å². The lowest BCUT2D eigenvalue weighted by Gasteiger charge is -2.05. The summed E-state index contributed by atoms with van der Waals surface area (Å²) >= 11 is 0. The molecule has 0 radical (unpaired) electrons. The Labute approximate surface area is 109 Å². The monoisotopic (exact) mass is 251 g/mol. The van der Waals surface area contributed by atoms with Crippen molar-refractivity contribution >= 4 is 5.78 Å². The van der Waals surface area contributed by atoms with Gasteiger partial charge in [-0.05, 0) is 6.92 Å². The SMILES string of the molecule is CCOc1nc2c(nc1C#N)C(=O)c1ccccc1-2. The van der Waals surface area contributed by atoms with Crippen LogP contribution in [0.3, 0.4) is 0 Å². The summed E-state index contributed by atoms with van der Waals surface area (Å²) in [5.74, 6) is -0.0223. The van der Waals surface area contributed by atoms with E-state index in [0.29, 0.717) is 17.9 Å². The molecule has 0 atom stereocenters. The predicted molar refractivity (Wildman–Crippen MR) is 66.8 cm³/mol. The highest BCUT2D eigenvalue weighted by molar-refractivity contribution is 6.19. The van der Waals surface area contributed by atoms with Crippen molar-refractivity contribution in [3.63, 3.8) is 0 Å². The first-order valence-corrected chi connectivity index (χ1v) is 5.85. The van der Waals surface area contributed by atoms with Crippen molar-refractivity contribution < 1.29 is 9.53 Å². The fourth-order valence-corrected chi connectivity index (χ4v) is 2.09. The second-order valence-electron chi connectivity index (χ2n) is 3.99. The van der Waals surface area contributed by atoms with Crippen LogP contribution in [0.25, 0.3) is 11.3 Å². The lowest BCUT2D eigenvalue weighted by Crippen LogP contribution is -2.05. The van der Waals surface area contributed by atoms with Gasteiger partial charge in [0.2, 0.25) is 11.5 Å². The zero-order chi connectivity index (χ0) is 13.4. The summed E-state index contributed by atoms with van der Waals surface area (Å²) in [5, 5.41) is 9.04. The first-order valence-electron chi connectivity index (χ1n) is 5.85. The first-order chi connectivity index (χ1) is 9.26. The molecule has 0 saturated carbocycles. The Bertz CT molecular complexity index is 732. The molecule has 0 bridgehead atoms. The highest BCUT2D eigenvalue weighted by Crippen LogP contribution is 2.35. The molecule has 92 valence electrons. The van der Waals surface area contributed by atoms with Crippen LogP contribution >= 0.6 is 0 Å². The lowest BCUT2D eigenvalue weighted by atomic mass is 10.1. The third-order valence-electron chi connectivity index (χ3n) is 2.89. The van der Waals surface area contributed by atoms with Crippen molar-refractivity contribution in [2.24, 2.45) is 0 Å². The number of hydrogen-bond donors (Lipinski definition) is 0. The van der Waals surface area contributed by atoms with Crippen molar-refractivity contribution in [1.82, 2.24) is 9.97 Å². The van der Waals surface area contributed by atoms with Gasteiger partial charge >= 0.3 is 0 Å². The molecular formula is C14H9N3O2. The number of nitrogens with zero attached hydrogens (tertiary/aromatic N) is 3. The smallest absolute Gasteiger partial charge is 0.251 e. The van der Waals surface area contributed by atoms with Gasteiger partial charge in [-0.15, -0.1) is 0 Å². The van der Waals surface area contributed by atoms with Gasteiger partial charge < -0.3 is 4.74 Å². The largest absolute Gasteiger partial charge is 0.476 e. The van der Waals surface area contributed by atoms with Gasteiger partial charge in [-0.25, -0.2) is 9.97 Å². The zero-order valence-electron chi connectivity index (χ0n) is 10.2. The molecule has 19 heavy (non-hydrogen) atoms. The van der Waals surface area contributed by atoms with Crippen LogP contribution in [-0.4, -0.2) is 22.4 Å². The molecule has 2 aromatic rings. The Morgan fingerprint density at radius 2 is 1.95 bits per heavy atom. The van der Waals surface area contributed by atoms with Gasteiger partial charge in [0.15, 0.2) is 0 Å². The summed E-state index contributed by atoms with van der Waals surface area (Å²) in [5.41, 5.74) is 2.06. The molecule has 1 aliphatic rings. The minimum atomic E-state index is -0.197. The Morgan fingerprint density at radius 3 is 2.63 bits per heavy atom. The van der Waals surface area contributed by atoms with Crippen LogP contribution in [0, 0.1) is 11.3 Å². The average molecular weight is 251 g/mol. The van der Waals surface area contributed by atoms with Gasteiger partial charge in [-0.2, -0.15) is 5.26 Å². The molecule has 1 aromatic heterocycles. The number of nitriles is 1. The summed E-state index contributed by atoms with van der Waals surface area (Å²) in [6.45, 7) is 2.19. The molecule has 0 aliphatic heterocycles. The zero-order valence-corrected chi connectivity index (χ0v) is 10.2. The first kappa shape index (κ1) is 11.4. The third kappa shape index (κ3) is 1.58. The minimum Gasteiger partial charge on any atom is -0.476 e. The highest BCUT2D eigenvalue weighted by Gasteiger charge is 2.31. The van der Waals surface area contributed by atoms with E-state index in [-0.39, 0.29) is 23.1 Å². The predicted octanol–water partition coefficient (Wildman–Crippen LogP) is 1.96. The fraction of sp³-hybridized carbons (Fsp3) is 0.143. The van der Waals surface area contributed by atoms with E-state index < -0.39 is 0 Å².